The van der Waals surface area contributed by atoms with Crippen LogP contribution in [0.3, 0.4) is 0 Å². The van der Waals surface area contributed by atoms with Crippen molar-refractivity contribution in [3.05, 3.63) is 88.9 Å². The van der Waals surface area contributed by atoms with E-state index in [2.05, 4.69) is 5.32 Å². The van der Waals surface area contributed by atoms with Gasteiger partial charge in [0.05, 0.1) is 24.2 Å². The topological polar surface area (TPSA) is 65.4 Å². The van der Waals surface area contributed by atoms with E-state index in [1.807, 2.05) is 65.6 Å². The van der Waals surface area contributed by atoms with E-state index in [-0.39, 0.29) is 12.5 Å². The van der Waals surface area contributed by atoms with E-state index in [9.17, 15) is 4.79 Å². The highest BCUT2D eigenvalue weighted by Crippen LogP contribution is 2.23. The second-order valence-electron chi connectivity index (χ2n) is 6.39. The minimum atomic E-state index is -0.183. The van der Waals surface area contributed by atoms with Crippen LogP contribution >= 0.6 is 11.6 Å². The monoisotopic (exact) mass is 405 g/mol. The number of ether oxygens (including phenoxy) is 1. The molecule has 0 spiro atoms. The molecule has 0 atom stereocenters. The van der Waals surface area contributed by atoms with Gasteiger partial charge in [-0.1, -0.05) is 41.9 Å². The third-order valence-electron chi connectivity index (χ3n) is 4.36. The molecule has 6 heteroatoms. The summed E-state index contributed by atoms with van der Waals surface area (Å²) in [7, 11) is 1.62. The SMILES string of the molecule is COc1ccc(N(CC(=O)Nc2ccc(C#N)c(Cl)c2)Cc2ccccc2)cc1. The Morgan fingerprint density at radius 1 is 1.10 bits per heavy atom. The summed E-state index contributed by atoms with van der Waals surface area (Å²) in [5.41, 5.74) is 2.92. The summed E-state index contributed by atoms with van der Waals surface area (Å²) in [6, 6.07) is 24.4. The van der Waals surface area contributed by atoms with Gasteiger partial charge in [0.1, 0.15) is 11.8 Å². The predicted molar refractivity (Wildman–Crippen MR) is 115 cm³/mol. The highest BCUT2D eigenvalue weighted by Gasteiger charge is 2.14. The summed E-state index contributed by atoms with van der Waals surface area (Å²) >= 11 is 6.05. The number of nitriles is 1. The van der Waals surface area contributed by atoms with Gasteiger partial charge >= 0.3 is 0 Å². The number of methoxy groups -OCH3 is 1. The number of amides is 1. The normalized spacial score (nSPS) is 10.1. The Balaban J connectivity index is 1.77. The summed E-state index contributed by atoms with van der Waals surface area (Å²) in [6.45, 7) is 0.730. The first-order chi connectivity index (χ1) is 14.1. The van der Waals surface area contributed by atoms with Crippen molar-refractivity contribution in [1.82, 2.24) is 0 Å². The van der Waals surface area contributed by atoms with Crippen LogP contribution in [0.1, 0.15) is 11.1 Å². The van der Waals surface area contributed by atoms with E-state index >= 15 is 0 Å². The fourth-order valence-electron chi connectivity index (χ4n) is 2.89. The Kier molecular flexibility index (Phi) is 6.72. The maximum Gasteiger partial charge on any atom is 0.243 e. The van der Waals surface area contributed by atoms with Crippen molar-refractivity contribution in [2.45, 2.75) is 6.54 Å². The van der Waals surface area contributed by atoms with Crippen molar-refractivity contribution in [1.29, 1.82) is 5.26 Å². The molecule has 0 aliphatic carbocycles. The molecule has 0 unspecified atom stereocenters. The minimum absolute atomic E-state index is 0.152. The maximum absolute atomic E-state index is 12.7. The van der Waals surface area contributed by atoms with Crippen LogP contribution in [0.4, 0.5) is 11.4 Å². The molecule has 3 aromatic rings. The second-order valence-corrected chi connectivity index (χ2v) is 6.80. The van der Waals surface area contributed by atoms with Gasteiger partial charge in [-0.3, -0.25) is 4.79 Å². The molecule has 0 fully saturated rings. The standard InChI is InChI=1S/C23H20ClN3O2/c1-29-21-11-9-20(10-12-21)27(15-17-5-3-2-4-6-17)16-23(28)26-19-8-7-18(14-25)22(24)13-19/h2-13H,15-16H2,1H3,(H,26,28). The van der Waals surface area contributed by atoms with Crippen molar-refractivity contribution in [3.8, 4) is 11.8 Å². The summed E-state index contributed by atoms with van der Waals surface area (Å²) < 4.78 is 5.22. The van der Waals surface area contributed by atoms with E-state index in [4.69, 9.17) is 21.6 Å². The smallest absolute Gasteiger partial charge is 0.243 e. The van der Waals surface area contributed by atoms with E-state index in [0.717, 1.165) is 17.0 Å². The molecule has 146 valence electrons. The van der Waals surface area contributed by atoms with E-state index in [1.54, 1.807) is 25.3 Å². The number of rotatable bonds is 7. The first-order valence-corrected chi connectivity index (χ1v) is 9.39. The number of anilines is 2. The second kappa shape index (κ2) is 9.63. The fourth-order valence-corrected chi connectivity index (χ4v) is 3.12. The van der Waals surface area contributed by atoms with Crippen molar-refractivity contribution in [2.75, 3.05) is 23.9 Å². The maximum atomic E-state index is 12.7. The molecule has 1 amide bonds. The summed E-state index contributed by atoms with van der Waals surface area (Å²) in [5.74, 6) is 0.572. The third kappa shape index (κ3) is 5.50. The average Bonchev–Trinajstić information content (AvgIpc) is 2.74. The van der Waals surface area contributed by atoms with Crippen LogP contribution in [-0.2, 0) is 11.3 Å². The van der Waals surface area contributed by atoms with Crippen LogP contribution in [0, 0.1) is 11.3 Å². The Morgan fingerprint density at radius 3 is 2.45 bits per heavy atom. The van der Waals surface area contributed by atoms with Crippen molar-refractivity contribution >= 4 is 28.9 Å². The molecule has 1 N–H and O–H groups in total. The molecule has 0 aliphatic rings. The lowest BCUT2D eigenvalue weighted by Crippen LogP contribution is -2.32. The van der Waals surface area contributed by atoms with Gasteiger partial charge in [0, 0.05) is 17.9 Å². The molecule has 0 saturated carbocycles. The van der Waals surface area contributed by atoms with Gasteiger partial charge in [0.15, 0.2) is 0 Å². The molecular weight excluding hydrogens is 386 g/mol. The highest BCUT2D eigenvalue weighted by molar-refractivity contribution is 6.32. The zero-order chi connectivity index (χ0) is 20.6. The van der Waals surface area contributed by atoms with E-state index in [1.165, 1.54) is 0 Å². The van der Waals surface area contributed by atoms with Crippen LogP contribution in [0.25, 0.3) is 0 Å². The third-order valence-corrected chi connectivity index (χ3v) is 4.67. The van der Waals surface area contributed by atoms with Crippen LogP contribution in [0.2, 0.25) is 5.02 Å². The van der Waals surface area contributed by atoms with Crippen LogP contribution in [0.15, 0.2) is 72.8 Å². The minimum Gasteiger partial charge on any atom is -0.497 e. The van der Waals surface area contributed by atoms with Crippen LogP contribution in [0.5, 0.6) is 5.75 Å². The van der Waals surface area contributed by atoms with Gasteiger partial charge in [-0.05, 0) is 48.0 Å². The molecular formula is C23H20ClN3O2. The highest BCUT2D eigenvalue weighted by atomic mass is 35.5. The van der Waals surface area contributed by atoms with Gasteiger partial charge in [-0.15, -0.1) is 0 Å². The Morgan fingerprint density at radius 2 is 1.83 bits per heavy atom. The van der Waals surface area contributed by atoms with Crippen molar-refractivity contribution in [3.63, 3.8) is 0 Å². The van der Waals surface area contributed by atoms with Crippen LogP contribution < -0.4 is 15.0 Å². The zero-order valence-electron chi connectivity index (χ0n) is 15.9. The van der Waals surface area contributed by atoms with Gasteiger partial charge in [0.2, 0.25) is 5.91 Å². The van der Waals surface area contributed by atoms with E-state index in [0.29, 0.717) is 22.8 Å². The zero-order valence-corrected chi connectivity index (χ0v) is 16.7. The summed E-state index contributed by atoms with van der Waals surface area (Å²) in [4.78, 5) is 14.7. The first-order valence-electron chi connectivity index (χ1n) is 9.01. The Hall–Kier alpha value is -3.49. The van der Waals surface area contributed by atoms with Crippen molar-refractivity contribution < 1.29 is 9.53 Å². The average molecular weight is 406 g/mol. The summed E-state index contributed by atoms with van der Waals surface area (Å²) in [5, 5.41) is 12.1. The molecule has 3 rings (SSSR count). The van der Waals surface area contributed by atoms with Crippen molar-refractivity contribution in [2.24, 2.45) is 0 Å². The number of benzene rings is 3. The molecule has 5 nitrogen and oxygen atoms in total. The number of hydrogen-bond acceptors (Lipinski definition) is 4. The quantitative estimate of drug-likeness (QED) is 0.609. The largest absolute Gasteiger partial charge is 0.497 e. The predicted octanol–water partition coefficient (Wildman–Crippen LogP) is 4.87. The number of carbonyl (C=O) groups excluding carboxylic acids is 1. The number of carbonyl (C=O) groups is 1. The molecule has 29 heavy (non-hydrogen) atoms. The molecule has 0 saturated heterocycles. The Bertz CT molecular complexity index is 1010. The first kappa shape index (κ1) is 20.2. The molecule has 0 aromatic heterocycles. The number of halogens is 1. The van der Waals surface area contributed by atoms with E-state index < -0.39 is 0 Å². The van der Waals surface area contributed by atoms with Gasteiger partial charge in [0.25, 0.3) is 0 Å². The molecule has 0 heterocycles. The molecule has 0 aliphatic heterocycles. The number of nitrogens with zero attached hydrogens (tertiary/aromatic N) is 2. The van der Waals surface area contributed by atoms with Gasteiger partial charge in [-0.2, -0.15) is 5.26 Å². The fraction of sp³-hybridized carbons (Fsp3) is 0.130. The number of nitrogens with one attached hydrogen (secondary N) is 1. The molecule has 3 aromatic carbocycles. The van der Waals surface area contributed by atoms with Gasteiger partial charge < -0.3 is 15.0 Å². The summed E-state index contributed by atoms with van der Waals surface area (Å²) in [6.07, 6.45) is 0. The lowest BCUT2D eigenvalue weighted by molar-refractivity contribution is -0.115. The number of hydrogen-bond donors (Lipinski definition) is 1. The molecule has 0 bridgehead atoms. The Labute approximate surface area is 175 Å². The molecule has 0 radical (unpaired) electrons. The van der Waals surface area contributed by atoms with Gasteiger partial charge in [-0.25, -0.2) is 0 Å². The lowest BCUT2D eigenvalue weighted by Gasteiger charge is -2.25. The lowest BCUT2D eigenvalue weighted by atomic mass is 10.2. The van der Waals surface area contributed by atoms with Crippen LogP contribution in [-0.4, -0.2) is 19.6 Å².